The van der Waals surface area contributed by atoms with Crippen LogP contribution in [-0.2, 0) is 14.3 Å². The summed E-state index contributed by atoms with van der Waals surface area (Å²) < 4.78 is 10.6. The fourth-order valence-corrected chi connectivity index (χ4v) is 0.945. The average Bonchev–Trinajstić information content (AvgIpc) is 2.10. The predicted molar refractivity (Wildman–Crippen MR) is 56.4 cm³/mol. The first-order valence-electron chi connectivity index (χ1n) is 5.10. The Morgan fingerprint density at radius 2 is 1.93 bits per heavy atom. The third kappa shape index (κ3) is 8.20. The Hall–Kier alpha value is -0.410. The molecule has 14 heavy (non-hydrogen) atoms. The SMILES string of the molecule is COC(C)(C)CCOCCCC(C)=O. The van der Waals surface area contributed by atoms with Crippen molar-refractivity contribution < 1.29 is 14.3 Å². The molecule has 0 saturated carbocycles. The quantitative estimate of drug-likeness (QED) is 0.566. The zero-order chi connectivity index (χ0) is 11.0. The normalized spacial score (nSPS) is 11.7. The number of carbonyl (C=O) groups excluding carboxylic acids is 1. The summed E-state index contributed by atoms with van der Waals surface area (Å²) in [7, 11) is 1.70. The van der Waals surface area contributed by atoms with Gasteiger partial charge in [-0.05, 0) is 33.6 Å². The van der Waals surface area contributed by atoms with Crippen LogP contribution in [0.3, 0.4) is 0 Å². The minimum Gasteiger partial charge on any atom is -0.381 e. The summed E-state index contributed by atoms with van der Waals surface area (Å²) in [6.45, 7) is 7.03. The molecular formula is C11H22O3. The highest BCUT2D eigenvalue weighted by Gasteiger charge is 2.15. The molecule has 0 aliphatic carbocycles. The molecule has 0 unspecified atom stereocenters. The zero-order valence-corrected chi connectivity index (χ0v) is 9.76. The summed E-state index contributed by atoms with van der Waals surface area (Å²) in [6.07, 6.45) is 2.32. The number of methoxy groups -OCH3 is 1. The summed E-state index contributed by atoms with van der Waals surface area (Å²) in [5, 5.41) is 0. The van der Waals surface area contributed by atoms with Gasteiger partial charge in [0.15, 0.2) is 0 Å². The van der Waals surface area contributed by atoms with Gasteiger partial charge in [0.05, 0.1) is 5.60 Å². The minimum atomic E-state index is -0.111. The molecule has 0 rings (SSSR count). The zero-order valence-electron chi connectivity index (χ0n) is 9.76. The van der Waals surface area contributed by atoms with E-state index in [0.717, 1.165) is 12.8 Å². The van der Waals surface area contributed by atoms with Gasteiger partial charge < -0.3 is 14.3 Å². The largest absolute Gasteiger partial charge is 0.381 e. The molecule has 0 aromatic carbocycles. The van der Waals surface area contributed by atoms with E-state index < -0.39 is 0 Å². The van der Waals surface area contributed by atoms with Crippen LogP contribution in [0.2, 0.25) is 0 Å². The van der Waals surface area contributed by atoms with Gasteiger partial charge in [0.2, 0.25) is 0 Å². The van der Waals surface area contributed by atoms with Crippen molar-refractivity contribution in [3.8, 4) is 0 Å². The molecule has 3 nitrogen and oxygen atoms in total. The predicted octanol–water partition coefficient (Wildman–Crippen LogP) is 2.19. The monoisotopic (exact) mass is 202 g/mol. The van der Waals surface area contributed by atoms with E-state index >= 15 is 0 Å². The van der Waals surface area contributed by atoms with E-state index in [2.05, 4.69) is 0 Å². The second-order valence-electron chi connectivity index (χ2n) is 4.13. The van der Waals surface area contributed by atoms with Crippen LogP contribution in [-0.4, -0.2) is 31.7 Å². The van der Waals surface area contributed by atoms with Gasteiger partial charge in [-0.1, -0.05) is 0 Å². The van der Waals surface area contributed by atoms with E-state index in [-0.39, 0.29) is 11.4 Å². The molecule has 0 atom stereocenters. The third-order valence-corrected chi connectivity index (χ3v) is 2.22. The maximum absolute atomic E-state index is 10.6. The maximum atomic E-state index is 10.6. The molecule has 0 amide bonds. The lowest BCUT2D eigenvalue weighted by Crippen LogP contribution is -2.24. The molecule has 0 bridgehead atoms. The van der Waals surface area contributed by atoms with Gasteiger partial charge in [-0.15, -0.1) is 0 Å². The Morgan fingerprint density at radius 3 is 2.43 bits per heavy atom. The number of hydrogen-bond acceptors (Lipinski definition) is 3. The number of ketones is 1. The lowest BCUT2D eigenvalue weighted by Gasteiger charge is -2.22. The lowest BCUT2D eigenvalue weighted by molar-refractivity contribution is -0.117. The van der Waals surface area contributed by atoms with Crippen molar-refractivity contribution in [1.82, 2.24) is 0 Å². The standard InChI is InChI=1S/C11H22O3/c1-10(12)6-5-8-14-9-7-11(2,3)13-4/h5-9H2,1-4H3. The van der Waals surface area contributed by atoms with Crippen LogP contribution in [0.4, 0.5) is 0 Å². The Morgan fingerprint density at radius 1 is 1.29 bits per heavy atom. The van der Waals surface area contributed by atoms with Crippen LogP contribution < -0.4 is 0 Å². The molecule has 0 aromatic heterocycles. The first-order valence-corrected chi connectivity index (χ1v) is 5.10. The molecular weight excluding hydrogens is 180 g/mol. The first kappa shape index (κ1) is 13.6. The van der Waals surface area contributed by atoms with Crippen molar-refractivity contribution in [2.75, 3.05) is 20.3 Å². The number of rotatable bonds is 8. The number of ether oxygens (including phenoxy) is 2. The second-order valence-corrected chi connectivity index (χ2v) is 4.13. The Labute approximate surface area is 86.8 Å². The molecule has 0 N–H and O–H groups in total. The number of carbonyl (C=O) groups is 1. The molecule has 3 heteroatoms. The fraction of sp³-hybridized carbons (Fsp3) is 0.909. The smallest absolute Gasteiger partial charge is 0.129 e. The van der Waals surface area contributed by atoms with E-state index in [1.165, 1.54) is 0 Å². The van der Waals surface area contributed by atoms with Crippen molar-refractivity contribution in [3.63, 3.8) is 0 Å². The molecule has 0 spiro atoms. The first-order chi connectivity index (χ1) is 6.48. The topological polar surface area (TPSA) is 35.5 Å². The van der Waals surface area contributed by atoms with Crippen LogP contribution in [0.15, 0.2) is 0 Å². The van der Waals surface area contributed by atoms with E-state index in [1.807, 2.05) is 13.8 Å². The molecule has 0 fully saturated rings. The molecule has 84 valence electrons. The van der Waals surface area contributed by atoms with Crippen molar-refractivity contribution in [2.24, 2.45) is 0 Å². The molecule has 0 saturated heterocycles. The second kappa shape index (κ2) is 6.96. The molecule has 0 aliphatic heterocycles. The highest BCUT2D eigenvalue weighted by atomic mass is 16.5. The van der Waals surface area contributed by atoms with Gasteiger partial charge in [0, 0.05) is 26.7 Å². The fourth-order valence-electron chi connectivity index (χ4n) is 0.945. The van der Waals surface area contributed by atoms with Gasteiger partial charge in [-0.2, -0.15) is 0 Å². The summed E-state index contributed by atoms with van der Waals surface area (Å²) in [6, 6.07) is 0. The Bertz CT molecular complexity index is 164. The molecule has 0 aromatic rings. The summed E-state index contributed by atoms with van der Waals surface area (Å²) in [5.74, 6) is 0.228. The van der Waals surface area contributed by atoms with Gasteiger partial charge in [-0.25, -0.2) is 0 Å². The highest BCUT2D eigenvalue weighted by molar-refractivity contribution is 5.75. The van der Waals surface area contributed by atoms with Gasteiger partial charge in [-0.3, -0.25) is 0 Å². The number of Topliss-reactive ketones (excluding diaryl/α,β-unsaturated/α-hetero) is 1. The van der Waals surface area contributed by atoms with E-state index in [0.29, 0.717) is 19.6 Å². The van der Waals surface area contributed by atoms with E-state index in [1.54, 1.807) is 14.0 Å². The average molecular weight is 202 g/mol. The molecule has 0 radical (unpaired) electrons. The van der Waals surface area contributed by atoms with E-state index in [9.17, 15) is 4.79 Å². The van der Waals surface area contributed by atoms with Crippen molar-refractivity contribution in [1.29, 1.82) is 0 Å². The molecule has 0 aliphatic rings. The van der Waals surface area contributed by atoms with Gasteiger partial charge in [0.25, 0.3) is 0 Å². The van der Waals surface area contributed by atoms with Crippen molar-refractivity contribution >= 4 is 5.78 Å². The highest BCUT2D eigenvalue weighted by Crippen LogP contribution is 2.12. The van der Waals surface area contributed by atoms with Crippen LogP contribution in [0.1, 0.15) is 40.0 Å². The van der Waals surface area contributed by atoms with Crippen LogP contribution in [0, 0.1) is 0 Å². The van der Waals surface area contributed by atoms with E-state index in [4.69, 9.17) is 9.47 Å². The summed E-state index contributed by atoms with van der Waals surface area (Å²) >= 11 is 0. The molecule has 0 heterocycles. The van der Waals surface area contributed by atoms with Gasteiger partial charge >= 0.3 is 0 Å². The van der Waals surface area contributed by atoms with Crippen molar-refractivity contribution in [2.45, 2.75) is 45.6 Å². The Balaban J connectivity index is 3.25. The van der Waals surface area contributed by atoms with Crippen LogP contribution in [0.5, 0.6) is 0 Å². The van der Waals surface area contributed by atoms with Crippen LogP contribution in [0.25, 0.3) is 0 Å². The summed E-state index contributed by atoms with van der Waals surface area (Å²) in [4.78, 5) is 10.6. The maximum Gasteiger partial charge on any atom is 0.129 e. The van der Waals surface area contributed by atoms with Gasteiger partial charge in [0.1, 0.15) is 5.78 Å². The number of hydrogen-bond donors (Lipinski definition) is 0. The third-order valence-electron chi connectivity index (χ3n) is 2.22. The lowest BCUT2D eigenvalue weighted by atomic mass is 10.1. The summed E-state index contributed by atoms with van der Waals surface area (Å²) in [5.41, 5.74) is -0.111. The minimum absolute atomic E-state index is 0.111. The Kier molecular flexibility index (Phi) is 6.75. The van der Waals surface area contributed by atoms with Crippen molar-refractivity contribution in [3.05, 3.63) is 0 Å². The van der Waals surface area contributed by atoms with Crippen LogP contribution >= 0.6 is 0 Å².